The zero-order chi connectivity index (χ0) is 11.7. The molecule has 0 unspecified atom stereocenters. The topological polar surface area (TPSA) is 48.0 Å². The molecule has 0 aliphatic carbocycles. The SMILES string of the molecule is Cc1csc(=O)n1Cc1ccc(N)cc1F. The number of nitrogens with two attached hydrogens (primary N) is 1. The average molecular weight is 238 g/mol. The number of benzene rings is 1. The third-order valence-electron chi connectivity index (χ3n) is 2.38. The lowest BCUT2D eigenvalue weighted by molar-refractivity contribution is 0.596. The molecule has 0 radical (unpaired) electrons. The summed E-state index contributed by atoms with van der Waals surface area (Å²) >= 11 is 1.12. The summed E-state index contributed by atoms with van der Waals surface area (Å²) < 4.78 is 15.1. The number of anilines is 1. The maximum absolute atomic E-state index is 13.5. The Morgan fingerprint density at radius 2 is 2.25 bits per heavy atom. The smallest absolute Gasteiger partial charge is 0.307 e. The minimum Gasteiger partial charge on any atom is -0.399 e. The van der Waals surface area contributed by atoms with Crippen molar-refractivity contribution in [3.63, 3.8) is 0 Å². The van der Waals surface area contributed by atoms with Gasteiger partial charge in [0.25, 0.3) is 0 Å². The van der Waals surface area contributed by atoms with E-state index >= 15 is 0 Å². The number of aromatic nitrogens is 1. The van der Waals surface area contributed by atoms with Gasteiger partial charge in [0.15, 0.2) is 0 Å². The van der Waals surface area contributed by atoms with E-state index in [2.05, 4.69) is 0 Å². The summed E-state index contributed by atoms with van der Waals surface area (Å²) in [6.45, 7) is 2.08. The van der Waals surface area contributed by atoms with E-state index in [1.807, 2.05) is 6.92 Å². The second-order valence-corrected chi connectivity index (χ2v) is 4.40. The quantitative estimate of drug-likeness (QED) is 0.813. The molecule has 0 bridgehead atoms. The fraction of sp³-hybridized carbons (Fsp3) is 0.182. The Bertz CT molecular complexity index is 574. The van der Waals surface area contributed by atoms with Gasteiger partial charge in [0, 0.05) is 22.3 Å². The van der Waals surface area contributed by atoms with Crippen LogP contribution in [0.3, 0.4) is 0 Å². The van der Waals surface area contributed by atoms with Crippen LogP contribution in [0, 0.1) is 12.7 Å². The Morgan fingerprint density at radius 3 is 2.81 bits per heavy atom. The highest BCUT2D eigenvalue weighted by Gasteiger charge is 2.07. The lowest BCUT2D eigenvalue weighted by Gasteiger charge is -2.06. The van der Waals surface area contributed by atoms with Crippen LogP contribution in [0.1, 0.15) is 11.3 Å². The van der Waals surface area contributed by atoms with Crippen LogP contribution in [0.4, 0.5) is 10.1 Å². The summed E-state index contributed by atoms with van der Waals surface area (Å²) in [6, 6.07) is 4.50. The molecular weight excluding hydrogens is 227 g/mol. The number of rotatable bonds is 2. The van der Waals surface area contributed by atoms with Gasteiger partial charge in [0.2, 0.25) is 0 Å². The first kappa shape index (κ1) is 10.9. The van der Waals surface area contributed by atoms with Crippen molar-refractivity contribution in [2.75, 3.05) is 5.73 Å². The minimum absolute atomic E-state index is 0.0753. The maximum atomic E-state index is 13.5. The van der Waals surface area contributed by atoms with Crippen LogP contribution in [-0.2, 0) is 6.54 Å². The molecule has 0 atom stereocenters. The van der Waals surface area contributed by atoms with E-state index in [4.69, 9.17) is 5.73 Å². The summed E-state index contributed by atoms with van der Waals surface area (Å²) in [5.41, 5.74) is 7.15. The summed E-state index contributed by atoms with van der Waals surface area (Å²) in [4.78, 5) is 11.4. The standard InChI is InChI=1S/C11H11FN2OS/c1-7-6-16-11(15)14(7)5-8-2-3-9(13)4-10(8)12/h2-4,6H,5,13H2,1H3. The normalized spacial score (nSPS) is 10.6. The van der Waals surface area contributed by atoms with Crippen LogP contribution >= 0.6 is 11.3 Å². The molecule has 0 aliphatic rings. The molecule has 2 N–H and O–H groups in total. The molecule has 5 heteroatoms. The molecule has 0 aliphatic heterocycles. The number of hydrogen-bond donors (Lipinski definition) is 1. The Morgan fingerprint density at radius 1 is 1.50 bits per heavy atom. The molecule has 1 aromatic carbocycles. The van der Waals surface area contributed by atoms with Gasteiger partial charge >= 0.3 is 4.87 Å². The Hall–Kier alpha value is -1.62. The summed E-state index contributed by atoms with van der Waals surface area (Å²) in [6.07, 6.45) is 0. The second kappa shape index (κ2) is 4.09. The van der Waals surface area contributed by atoms with Gasteiger partial charge in [0.05, 0.1) is 6.54 Å². The van der Waals surface area contributed by atoms with Gasteiger partial charge < -0.3 is 5.73 Å². The fourth-order valence-corrected chi connectivity index (χ4v) is 2.19. The number of hydrogen-bond acceptors (Lipinski definition) is 3. The number of nitrogens with zero attached hydrogens (tertiary/aromatic N) is 1. The second-order valence-electron chi connectivity index (χ2n) is 3.58. The number of halogens is 1. The van der Waals surface area contributed by atoms with Crippen LogP contribution in [0.2, 0.25) is 0 Å². The molecule has 0 fully saturated rings. The molecule has 84 valence electrons. The van der Waals surface area contributed by atoms with Crippen molar-refractivity contribution in [2.24, 2.45) is 0 Å². The molecular formula is C11H11FN2OS. The van der Waals surface area contributed by atoms with Gasteiger partial charge in [-0.2, -0.15) is 0 Å². The van der Waals surface area contributed by atoms with Gasteiger partial charge in [-0.15, -0.1) is 0 Å². The van der Waals surface area contributed by atoms with Crippen LogP contribution in [0.15, 0.2) is 28.4 Å². The minimum atomic E-state index is -0.377. The van der Waals surface area contributed by atoms with E-state index in [1.165, 1.54) is 6.07 Å². The van der Waals surface area contributed by atoms with E-state index in [-0.39, 0.29) is 17.2 Å². The summed E-state index contributed by atoms with van der Waals surface area (Å²) in [5.74, 6) is -0.377. The highest BCUT2D eigenvalue weighted by molar-refractivity contribution is 7.07. The third-order valence-corrected chi connectivity index (χ3v) is 3.26. The largest absolute Gasteiger partial charge is 0.399 e. The maximum Gasteiger partial charge on any atom is 0.307 e. The van der Waals surface area contributed by atoms with Gasteiger partial charge in [-0.1, -0.05) is 17.4 Å². The lowest BCUT2D eigenvalue weighted by Crippen LogP contribution is -2.16. The Balaban J connectivity index is 2.38. The van der Waals surface area contributed by atoms with E-state index in [0.29, 0.717) is 11.3 Å². The Kier molecular flexibility index (Phi) is 2.78. The van der Waals surface area contributed by atoms with Crippen molar-refractivity contribution in [3.05, 3.63) is 50.3 Å². The zero-order valence-electron chi connectivity index (χ0n) is 8.74. The fourth-order valence-electron chi connectivity index (χ4n) is 1.46. The van der Waals surface area contributed by atoms with Gasteiger partial charge in [-0.05, 0) is 19.1 Å². The third kappa shape index (κ3) is 1.99. The molecule has 0 saturated heterocycles. The van der Waals surface area contributed by atoms with Crippen molar-refractivity contribution in [2.45, 2.75) is 13.5 Å². The molecule has 2 rings (SSSR count). The molecule has 1 heterocycles. The molecule has 0 saturated carbocycles. The number of thiazole rings is 1. The predicted molar refractivity (Wildman–Crippen MR) is 63.2 cm³/mol. The number of aryl methyl sites for hydroxylation is 1. The molecule has 16 heavy (non-hydrogen) atoms. The van der Waals surface area contributed by atoms with E-state index in [9.17, 15) is 9.18 Å². The van der Waals surface area contributed by atoms with Gasteiger partial charge in [0.1, 0.15) is 5.82 Å². The van der Waals surface area contributed by atoms with Crippen molar-refractivity contribution in [1.29, 1.82) is 0 Å². The predicted octanol–water partition coefficient (Wildman–Crippen LogP) is 1.99. The highest BCUT2D eigenvalue weighted by Crippen LogP contribution is 2.13. The molecule has 0 spiro atoms. The molecule has 1 aromatic heterocycles. The first-order valence-corrected chi connectivity index (χ1v) is 5.64. The van der Waals surface area contributed by atoms with E-state index < -0.39 is 0 Å². The summed E-state index contributed by atoms with van der Waals surface area (Å²) in [5, 5.41) is 1.76. The zero-order valence-corrected chi connectivity index (χ0v) is 9.55. The van der Waals surface area contributed by atoms with Crippen molar-refractivity contribution in [1.82, 2.24) is 4.57 Å². The molecule has 3 nitrogen and oxygen atoms in total. The molecule has 0 amide bonds. The van der Waals surface area contributed by atoms with Crippen LogP contribution in [0.25, 0.3) is 0 Å². The first-order valence-electron chi connectivity index (χ1n) is 4.77. The van der Waals surface area contributed by atoms with Crippen LogP contribution in [-0.4, -0.2) is 4.57 Å². The van der Waals surface area contributed by atoms with Gasteiger partial charge in [-0.3, -0.25) is 9.36 Å². The van der Waals surface area contributed by atoms with E-state index in [0.717, 1.165) is 17.0 Å². The van der Waals surface area contributed by atoms with Crippen molar-refractivity contribution >= 4 is 17.0 Å². The lowest BCUT2D eigenvalue weighted by atomic mass is 10.2. The van der Waals surface area contributed by atoms with Crippen LogP contribution < -0.4 is 10.6 Å². The average Bonchev–Trinajstić information content (AvgIpc) is 2.53. The Labute approximate surface area is 96.0 Å². The monoisotopic (exact) mass is 238 g/mol. The van der Waals surface area contributed by atoms with Crippen molar-refractivity contribution < 1.29 is 4.39 Å². The van der Waals surface area contributed by atoms with E-state index in [1.54, 1.807) is 22.1 Å². The highest BCUT2D eigenvalue weighted by atomic mass is 32.1. The number of nitrogen functional groups attached to an aromatic ring is 1. The van der Waals surface area contributed by atoms with Gasteiger partial charge in [-0.25, -0.2) is 4.39 Å². The van der Waals surface area contributed by atoms with Crippen molar-refractivity contribution in [3.8, 4) is 0 Å². The molecule has 2 aromatic rings. The van der Waals surface area contributed by atoms with Crippen LogP contribution in [0.5, 0.6) is 0 Å². The summed E-state index contributed by atoms with van der Waals surface area (Å²) in [7, 11) is 0. The first-order chi connectivity index (χ1) is 7.58.